The molecule has 7 nitrogen and oxygen atoms in total. The number of imidazole rings is 1. The van der Waals surface area contributed by atoms with E-state index in [1.165, 1.54) is 6.33 Å². The Morgan fingerprint density at radius 1 is 1.32 bits per heavy atom. The Labute approximate surface area is 108 Å². The van der Waals surface area contributed by atoms with Crippen LogP contribution in [0.1, 0.15) is 0 Å². The molecular formula is C12H14N4O3. The van der Waals surface area contributed by atoms with Crippen LogP contribution < -0.4 is 5.73 Å². The number of fused-ring (bicyclic) bond motifs is 1. The van der Waals surface area contributed by atoms with E-state index in [1.807, 2.05) is 0 Å². The molecule has 0 saturated heterocycles. The maximum absolute atomic E-state index is 10.0. The molecule has 0 spiro atoms. The Hall–Kier alpha value is -1.96. The molecule has 7 heteroatoms. The first-order chi connectivity index (χ1) is 9.13. The maximum Gasteiger partial charge on any atom is 0.151 e. The second kappa shape index (κ2) is 4.30. The van der Waals surface area contributed by atoms with Gasteiger partial charge in [-0.1, -0.05) is 6.08 Å². The van der Waals surface area contributed by atoms with Crippen LogP contribution in [0.2, 0.25) is 0 Å². The monoisotopic (exact) mass is 262 g/mol. The zero-order chi connectivity index (χ0) is 13.6. The van der Waals surface area contributed by atoms with Crippen molar-refractivity contribution in [2.45, 2.75) is 12.2 Å². The predicted molar refractivity (Wildman–Crippen MR) is 68.8 cm³/mol. The Bertz CT molecular complexity index is 651. The number of pyridine rings is 1. The molecule has 0 radical (unpaired) electrons. The molecule has 2 aromatic rings. The number of aliphatic hydroxyl groups is 3. The molecule has 5 N–H and O–H groups in total. The third-order valence-electron chi connectivity index (χ3n) is 3.43. The fourth-order valence-corrected chi connectivity index (χ4v) is 2.38. The van der Waals surface area contributed by atoms with Gasteiger partial charge in [0.25, 0.3) is 0 Å². The number of nitrogen functional groups attached to an aromatic ring is 1. The number of aliphatic hydroxyl groups excluding tert-OH is 3. The average Bonchev–Trinajstić information content (AvgIpc) is 2.94. The SMILES string of the molecule is Nc1nccc2c1ncn2C1=CC(CO)[C@H](O)[C@@H]1O. The number of hydrogen-bond acceptors (Lipinski definition) is 6. The molecule has 3 rings (SSSR count). The van der Waals surface area contributed by atoms with Gasteiger partial charge in [-0.2, -0.15) is 0 Å². The Morgan fingerprint density at radius 3 is 2.79 bits per heavy atom. The van der Waals surface area contributed by atoms with Crippen LogP contribution in [0.5, 0.6) is 0 Å². The summed E-state index contributed by atoms with van der Waals surface area (Å²) in [4.78, 5) is 8.10. The van der Waals surface area contributed by atoms with Gasteiger partial charge in [-0.3, -0.25) is 4.57 Å². The summed E-state index contributed by atoms with van der Waals surface area (Å²) < 4.78 is 1.65. The van der Waals surface area contributed by atoms with Gasteiger partial charge in [0.2, 0.25) is 0 Å². The summed E-state index contributed by atoms with van der Waals surface area (Å²) in [6.45, 7) is -0.224. The van der Waals surface area contributed by atoms with Crippen molar-refractivity contribution in [1.29, 1.82) is 0 Å². The van der Waals surface area contributed by atoms with Gasteiger partial charge in [0, 0.05) is 12.1 Å². The van der Waals surface area contributed by atoms with E-state index < -0.39 is 18.1 Å². The summed E-state index contributed by atoms with van der Waals surface area (Å²) in [5, 5.41) is 29.0. The van der Waals surface area contributed by atoms with Crippen molar-refractivity contribution in [1.82, 2.24) is 14.5 Å². The number of anilines is 1. The average molecular weight is 262 g/mol. The molecule has 0 aromatic carbocycles. The van der Waals surface area contributed by atoms with Crippen molar-refractivity contribution in [3.05, 3.63) is 24.7 Å². The zero-order valence-corrected chi connectivity index (χ0v) is 10.0. The molecule has 3 atom stereocenters. The van der Waals surface area contributed by atoms with Crippen LogP contribution in [0.4, 0.5) is 5.82 Å². The summed E-state index contributed by atoms with van der Waals surface area (Å²) in [5.41, 5.74) is 7.45. The van der Waals surface area contributed by atoms with Crippen LogP contribution in [0.25, 0.3) is 16.7 Å². The minimum absolute atomic E-state index is 0.224. The summed E-state index contributed by atoms with van der Waals surface area (Å²) in [7, 11) is 0. The molecule has 100 valence electrons. The van der Waals surface area contributed by atoms with Crippen LogP contribution in [0.15, 0.2) is 24.7 Å². The van der Waals surface area contributed by atoms with Gasteiger partial charge in [-0.15, -0.1) is 0 Å². The quantitative estimate of drug-likeness (QED) is 0.563. The van der Waals surface area contributed by atoms with Gasteiger partial charge < -0.3 is 21.1 Å². The summed E-state index contributed by atoms with van der Waals surface area (Å²) in [6.07, 6.45) is 2.63. The first-order valence-corrected chi connectivity index (χ1v) is 5.90. The highest BCUT2D eigenvalue weighted by Crippen LogP contribution is 2.31. The highest BCUT2D eigenvalue weighted by atomic mass is 16.3. The number of aromatic nitrogens is 3. The van der Waals surface area contributed by atoms with Crippen molar-refractivity contribution in [2.75, 3.05) is 12.3 Å². The summed E-state index contributed by atoms with van der Waals surface area (Å²) in [6, 6.07) is 1.73. The molecule has 2 heterocycles. The molecule has 1 aliphatic rings. The normalized spacial score (nSPS) is 26.9. The van der Waals surface area contributed by atoms with Crippen molar-refractivity contribution in [2.24, 2.45) is 5.92 Å². The first-order valence-electron chi connectivity index (χ1n) is 5.90. The van der Waals surface area contributed by atoms with Gasteiger partial charge >= 0.3 is 0 Å². The van der Waals surface area contributed by atoms with E-state index in [0.717, 1.165) is 0 Å². The lowest BCUT2D eigenvalue weighted by atomic mass is 10.1. The molecule has 0 bridgehead atoms. The number of nitrogens with two attached hydrogens (primary N) is 1. The van der Waals surface area contributed by atoms with E-state index >= 15 is 0 Å². The number of hydrogen-bond donors (Lipinski definition) is 4. The molecule has 1 aliphatic carbocycles. The van der Waals surface area contributed by atoms with Gasteiger partial charge in [-0.25, -0.2) is 9.97 Å². The first kappa shape index (κ1) is 12.1. The van der Waals surface area contributed by atoms with E-state index in [1.54, 1.807) is 22.9 Å². The van der Waals surface area contributed by atoms with E-state index in [2.05, 4.69) is 9.97 Å². The molecule has 0 amide bonds. The molecule has 0 fully saturated rings. The lowest BCUT2D eigenvalue weighted by Gasteiger charge is -2.16. The highest BCUT2D eigenvalue weighted by molar-refractivity contribution is 5.87. The van der Waals surface area contributed by atoms with Gasteiger partial charge in [0.1, 0.15) is 17.9 Å². The fraction of sp³-hybridized carbons (Fsp3) is 0.333. The van der Waals surface area contributed by atoms with E-state index in [9.17, 15) is 10.2 Å². The molecule has 1 unspecified atom stereocenters. The van der Waals surface area contributed by atoms with Crippen molar-refractivity contribution < 1.29 is 15.3 Å². The lowest BCUT2D eigenvalue weighted by Crippen LogP contribution is -2.30. The van der Waals surface area contributed by atoms with Crippen LogP contribution in [-0.2, 0) is 0 Å². The minimum atomic E-state index is -1.07. The van der Waals surface area contributed by atoms with Crippen molar-refractivity contribution in [3.63, 3.8) is 0 Å². The zero-order valence-electron chi connectivity index (χ0n) is 10.0. The van der Waals surface area contributed by atoms with Crippen LogP contribution in [-0.4, -0.2) is 48.7 Å². The van der Waals surface area contributed by atoms with Crippen LogP contribution in [0, 0.1) is 5.92 Å². The summed E-state index contributed by atoms with van der Waals surface area (Å²) >= 11 is 0. The van der Waals surface area contributed by atoms with E-state index in [0.29, 0.717) is 22.5 Å². The number of rotatable bonds is 2. The minimum Gasteiger partial charge on any atom is -0.396 e. The van der Waals surface area contributed by atoms with Crippen molar-refractivity contribution >= 4 is 22.5 Å². The van der Waals surface area contributed by atoms with Crippen LogP contribution >= 0.6 is 0 Å². The third kappa shape index (κ3) is 1.71. The Kier molecular flexibility index (Phi) is 2.74. The molecular weight excluding hydrogens is 248 g/mol. The van der Waals surface area contributed by atoms with E-state index in [-0.39, 0.29) is 6.61 Å². The fourth-order valence-electron chi connectivity index (χ4n) is 2.38. The third-order valence-corrected chi connectivity index (χ3v) is 3.43. The van der Waals surface area contributed by atoms with Gasteiger partial charge in [0.05, 0.1) is 23.9 Å². The second-order valence-electron chi connectivity index (χ2n) is 4.55. The topological polar surface area (TPSA) is 117 Å². The van der Waals surface area contributed by atoms with Crippen molar-refractivity contribution in [3.8, 4) is 0 Å². The smallest absolute Gasteiger partial charge is 0.151 e. The largest absolute Gasteiger partial charge is 0.396 e. The number of nitrogens with zero attached hydrogens (tertiary/aromatic N) is 3. The Morgan fingerprint density at radius 2 is 2.11 bits per heavy atom. The Balaban J connectivity index is 2.13. The highest BCUT2D eigenvalue weighted by Gasteiger charge is 2.35. The molecule has 0 aliphatic heterocycles. The maximum atomic E-state index is 10.0. The predicted octanol–water partition coefficient (Wildman–Crippen LogP) is -0.802. The second-order valence-corrected chi connectivity index (χ2v) is 4.55. The van der Waals surface area contributed by atoms with Gasteiger partial charge in [-0.05, 0) is 6.07 Å². The molecule has 2 aromatic heterocycles. The molecule has 19 heavy (non-hydrogen) atoms. The lowest BCUT2D eigenvalue weighted by molar-refractivity contribution is 0.0199. The van der Waals surface area contributed by atoms with E-state index in [4.69, 9.17) is 10.8 Å². The molecule has 0 saturated carbocycles. The van der Waals surface area contributed by atoms with Gasteiger partial charge in [0.15, 0.2) is 5.82 Å². The standard InChI is InChI=1S/C12H14N4O3/c13-12-9-7(1-2-14-12)16(5-15-9)8-3-6(4-17)10(18)11(8)19/h1-3,5-6,10-11,17-19H,4H2,(H2,13,14)/t6?,10-,11+/m0/s1. The summed E-state index contributed by atoms with van der Waals surface area (Å²) in [5.74, 6) is -0.176. The van der Waals surface area contributed by atoms with Crippen LogP contribution in [0.3, 0.4) is 0 Å².